The first kappa shape index (κ1) is 12.1. The number of hydrogen-bond donors (Lipinski definition) is 1. The average molecular weight is 238 g/mol. The van der Waals surface area contributed by atoms with Crippen molar-refractivity contribution in [1.29, 1.82) is 0 Å². The maximum atomic E-state index is 11.5. The van der Waals surface area contributed by atoms with Gasteiger partial charge in [-0.1, -0.05) is 0 Å². The number of hydrogen-bond acceptors (Lipinski definition) is 4. The van der Waals surface area contributed by atoms with Gasteiger partial charge >= 0.3 is 0 Å². The number of likely N-dealkylation sites (N-methyl/N-ethyl adjacent to an activating group) is 1. The van der Waals surface area contributed by atoms with Crippen LogP contribution in [0, 0.1) is 6.92 Å². The molecule has 0 spiro atoms. The van der Waals surface area contributed by atoms with Crippen LogP contribution in [0.2, 0.25) is 0 Å². The monoisotopic (exact) mass is 238 g/mol. The molecule has 2 rings (SSSR count). The minimum Gasteiger partial charge on any atom is -0.465 e. The van der Waals surface area contributed by atoms with Crippen LogP contribution in [-0.2, 0) is 16.1 Å². The summed E-state index contributed by atoms with van der Waals surface area (Å²) >= 11 is 0. The minimum atomic E-state index is -0.371. The molecule has 1 aliphatic heterocycles. The van der Waals surface area contributed by atoms with Crippen LogP contribution in [0.1, 0.15) is 11.5 Å². The second kappa shape index (κ2) is 5.33. The SMILES string of the molecule is CNC(=O)C1CN(Cc2ccc(C)o2)CCO1. The van der Waals surface area contributed by atoms with Crippen LogP contribution < -0.4 is 5.32 Å². The molecule has 1 aromatic rings. The van der Waals surface area contributed by atoms with Gasteiger partial charge in [-0.05, 0) is 19.1 Å². The molecule has 5 nitrogen and oxygen atoms in total. The average Bonchev–Trinajstić information content (AvgIpc) is 2.74. The first-order chi connectivity index (χ1) is 8.19. The molecule has 0 bridgehead atoms. The third-order valence-electron chi connectivity index (χ3n) is 2.86. The molecule has 1 atom stereocenters. The zero-order chi connectivity index (χ0) is 12.3. The molecule has 1 saturated heterocycles. The summed E-state index contributed by atoms with van der Waals surface area (Å²) in [4.78, 5) is 13.7. The molecular formula is C12H18N2O3. The van der Waals surface area contributed by atoms with Crippen molar-refractivity contribution in [3.8, 4) is 0 Å². The van der Waals surface area contributed by atoms with Gasteiger partial charge in [-0.25, -0.2) is 0 Å². The number of carbonyl (C=O) groups is 1. The van der Waals surface area contributed by atoms with Crippen molar-refractivity contribution in [3.63, 3.8) is 0 Å². The van der Waals surface area contributed by atoms with E-state index in [9.17, 15) is 4.79 Å². The third-order valence-corrected chi connectivity index (χ3v) is 2.86. The lowest BCUT2D eigenvalue weighted by Crippen LogP contribution is -2.48. The van der Waals surface area contributed by atoms with Gasteiger partial charge in [-0.2, -0.15) is 0 Å². The van der Waals surface area contributed by atoms with E-state index in [2.05, 4.69) is 10.2 Å². The Hall–Kier alpha value is -1.33. The van der Waals surface area contributed by atoms with Gasteiger partial charge in [0.1, 0.15) is 17.6 Å². The lowest BCUT2D eigenvalue weighted by Gasteiger charge is -2.31. The number of amides is 1. The first-order valence-corrected chi connectivity index (χ1v) is 5.80. The van der Waals surface area contributed by atoms with Gasteiger partial charge < -0.3 is 14.5 Å². The van der Waals surface area contributed by atoms with Crippen molar-refractivity contribution in [2.45, 2.75) is 19.6 Å². The Labute approximate surface area is 101 Å². The molecule has 1 unspecified atom stereocenters. The zero-order valence-corrected chi connectivity index (χ0v) is 10.2. The molecule has 2 heterocycles. The summed E-state index contributed by atoms with van der Waals surface area (Å²) in [7, 11) is 1.63. The molecule has 1 aromatic heterocycles. The smallest absolute Gasteiger partial charge is 0.250 e. The third kappa shape index (κ3) is 3.08. The van der Waals surface area contributed by atoms with E-state index in [0.717, 1.165) is 24.6 Å². The fourth-order valence-corrected chi connectivity index (χ4v) is 1.96. The normalized spacial score (nSPS) is 21.4. The molecule has 0 aromatic carbocycles. The fourth-order valence-electron chi connectivity index (χ4n) is 1.96. The topological polar surface area (TPSA) is 54.7 Å². The molecule has 5 heteroatoms. The minimum absolute atomic E-state index is 0.0645. The van der Waals surface area contributed by atoms with Crippen LogP contribution >= 0.6 is 0 Å². The van der Waals surface area contributed by atoms with Gasteiger partial charge in [0.25, 0.3) is 0 Å². The van der Waals surface area contributed by atoms with Crippen LogP contribution in [0.3, 0.4) is 0 Å². The maximum absolute atomic E-state index is 11.5. The summed E-state index contributed by atoms with van der Waals surface area (Å²) < 4.78 is 10.9. The fraction of sp³-hybridized carbons (Fsp3) is 0.583. The molecule has 1 amide bonds. The van der Waals surface area contributed by atoms with Crippen molar-refractivity contribution in [1.82, 2.24) is 10.2 Å². The Kier molecular flexibility index (Phi) is 3.81. The number of morpholine rings is 1. The Morgan fingerprint density at radius 1 is 1.59 bits per heavy atom. The lowest BCUT2D eigenvalue weighted by molar-refractivity contribution is -0.138. The van der Waals surface area contributed by atoms with Crippen LogP contribution in [-0.4, -0.2) is 43.7 Å². The first-order valence-electron chi connectivity index (χ1n) is 5.80. The van der Waals surface area contributed by atoms with Crippen molar-refractivity contribution < 1.29 is 13.9 Å². The number of nitrogens with one attached hydrogen (secondary N) is 1. The van der Waals surface area contributed by atoms with Gasteiger partial charge in [-0.15, -0.1) is 0 Å². The molecule has 0 aliphatic carbocycles. The molecule has 94 valence electrons. The van der Waals surface area contributed by atoms with Crippen molar-refractivity contribution in [2.75, 3.05) is 26.7 Å². The lowest BCUT2D eigenvalue weighted by atomic mass is 10.2. The predicted octanol–water partition coefficient (Wildman–Crippen LogP) is 0.535. The van der Waals surface area contributed by atoms with Crippen LogP contribution in [0.5, 0.6) is 0 Å². The summed E-state index contributed by atoms with van der Waals surface area (Å²) in [5.74, 6) is 1.78. The van der Waals surface area contributed by atoms with E-state index < -0.39 is 0 Å². The largest absolute Gasteiger partial charge is 0.465 e. The number of ether oxygens (including phenoxy) is 1. The zero-order valence-electron chi connectivity index (χ0n) is 10.2. The summed E-state index contributed by atoms with van der Waals surface area (Å²) in [5, 5.41) is 2.61. The van der Waals surface area contributed by atoms with Gasteiger partial charge in [-0.3, -0.25) is 9.69 Å². The number of carbonyl (C=O) groups excluding carboxylic acids is 1. The molecular weight excluding hydrogens is 220 g/mol. The van der Waals surface area contributed by atoms with E-state index in [0.29, 0.717) is 13.2 Å². The van der Waals surface area contributed by atoms with Crippen LogP contribution in [0.4, 0.5) is 0 Å². The van der Waals surface area contributed by atoms with Crippen molar-refractivity contribution in [3.05, 3.63) is 23.7 Å². The highest BCUT2D eigenvalue weighted by Gasteiger charge is 2.26. The van der Waals surface area contributed by atoms with Crippen LogP contribution in [0.15, 0.2) is 16.5 Å². The quantitative estimate of drug-likeness (QED) is 0.835. The van der Waals surface area contributed by atoms with Gasteiger partial charge in [0.2, 0.25) is 5.91 Å². The summed E-state index contributed by atoms with van der Waals surface area (Å²) in [6, 6.07) is 3.92. The van der Waals surface area contributed by atoms with E-state index in [1.807, 2.05) is 19.1 Å². The maximum Gasteiger partial charge on any atom is 0.250 e. The summed E-state index contributed by atoms with van der Waals surface area (Å²) in [5.41, 5.74) is 0. The van der Waals surface area contributed by atoms with E-state index in [1.165, 1.54) is 0 Å². The van der Waals surface area contributed by atoms with Gasteiger partial charge in [0, 0.05) is 20.1 Å². The predicted molar refractivity (Wildman–Crippen MR) is 62.5 cm³/mol. The number of rotatable bonds is 3. The Morgan fingerprint density at radius 2 is 2.41 bits per heavy atom. The molecule has 17 heavy (non-hydrogen) atoms. The second-order valence-electron chi connectivity index (χ2n) is 4.22. The van der Waals surface area contributed by atoms with Crippen molar-refractivity contribution in [2.24, 2.45) is 0 Å². The highest BCUT2D eigenvalue weighted by Crippen LogP contribution is 2.13. The van der Waals surface area contributed by atoms with E-state index in [1.54, 1.807) is 7.05 Å². The Morgan fingerprint density at radius 3 is 3.06 bits per heavy atom. The van der Waals surface area contributed by atoms with E-state index in [4.69, 9.17) is 9.15 Å². The summed E-state index contributed by atoms with van der Waals surface area (Å²) in [6.45, 7) is 4.67. The highest BCUT2D eigenvalue weighted by molar-refractivity contribution is 5.80. The number of furan rings is 1. The molecule has 1 N–H and O–H groups in total. The number of nitrogens with zero attached hydrogens (tertiary/aromatic N) is 1. The van der Waals surface area contributed by atoms with Crippen LogP contribution in [0.25, 0.3) is 0 Å². The highest BCUT2D eigenvalue weighted by atomic mass is 16.5. The van der Waals surface area contributed by atoms with E-state index >= 15 is 0 Å². The summed E-state index contributed by atoms with van der Waals surface area (Å²) in [6.07, 6.45) is -0.371. The molecule has 0 saturated carbocycles. The van der Waals surface area contributed by atoms with E-state index in [-0.39, 0.29) is 12.0 Å². The standard InChI is InChI=1S/C12H18N2O3/c1-9-3-4-10(17-9)7-14-5-6-16-11(8-14)12(15)13-2/h3-4,11H,5-8H2,1-2H3,(H,13,15). The molecule has 0 radical (unpaired) electrons. The molecule has 1 aliphatic rings. The number of aryl methyl sites for hydroxylation is 1. The second-order valence-corrected chi connectivity index (χ2v) is 4.22. The Balaban J connectivity index is 1.91. The molecule has 1 fully saturated rings. The van der Waals surface area contributed by atoms with Gasteiger partial charge in [0.05, 0.1) is 13.2 Å². The van der Waals surface area contributed by atoms with Crippen molar-refractivity contribution >= 4 is 5.91 Å². The van der Waals surface area contributed by atoms with Gasteiger partial charge in [0.15, 0.2) is 0 Å². The Bertz CT molecular complexity index is 389.